The van der Waals surface area contributed by atoms with Crippen molar-refractivity contribution in [2.75, 3.05) is 6.54 Å². The molecule has 0 saturated heterocycles. The van der Waals surface area contributed by atoms with Crippen LogP contribution in [0.15, 0.2) is 23.4 Å². The van der Waals surface area contributed by atoms with Gasteiger partial charge in [-0.05, 0) is 36.8 Å². The van der Waals surface area contributed by atoms with Crippen LogP contribution in [0.25, 0.3) is 0 Å². The molecule has 1 aliphatic carbocycles. The topological polar surface area (TPSA) is 50.3 Å². The fourth-order valence-corrected chi connectivity index (χ4v) is 3.78. The lowest BCUT2D eigenvalue weighted by molar-refractivity contribution is 0.372. The molecular weight excluding hydrogens is 296 g/mol. The Bertz CT molecular complexity index is 539. The molecule has 0 N–H and O–H groups in total. The molecule has 20 heavy (non-hydrogen) atoms. The van der Waals surface area contributed by atoms with E-state index in [2.05, 4.69) is 18.8 Å². The first-order chi connectivity index (χ1) is 9.45. The highest BCUT2D eigenvalue weighted by Gasteiger charge is 2.38. The predicted octanol–water partition coefficient (Wildman–Crippen LogP) is 3.02. The first-order valence-electron chi connectivity index (χ1n) is 6.98. The lowest BCUT2D eigenvalue weighted by Crippen LogP contribution is -2.35. The van der Waals surface area contributed by atoms with Gasteiger partial charge in [0, 0.05) is 24.7 Å². The first-order valence-corrected chi connectivity index (χ1v) is 8.95. The minimum Gasteiger partial charge on any atom is -0.243 e. The number of aromatic nitrogens is 1. The van der Waals surface area contributed by atoms with Gasteiger partial charge in [-0.2, -0.15) is 4.31 Å². The van der Waals surface area contributed by atoms with Gasteiger partial charge in [0.15, 0.2) is 5.03 Å². The molecule has 0 aromatic carbocycles. The zero-order valence-electron chi connectivity index (χ0n) is 11.9. The van der Waals surface area contributed by atoms with Crippen LogP contribution in [0.4, 0.5) is 0 Å². The average Bonchev–Trinajstić information content (AvgIpc) is 3.23. The summed E-state index contributed by atoms with van der Waals surface area (Å²) in [5.74, 6) is 0.825. The van der Waals surface area contributed by atoms with Crippen LogP contribution < -0.4 is 0 Å². The molecule has 0 atom stereocenters. The number of hydrogen-bond acceptors (Lipinski definition) is 3. The van der Waals surface area contributed by atoms with E-state index in [1.54, 1.807) is 16.4 Å². The maximum absolute atomic E-state index is 12.7. The molecule has 112 valence electrons. The van der Waals surface area contributed by atoms with Crippen LogP contribution in [-0.2, 0) is 15.9 Å². The van der Waals surface area contributed by atoms with Crippen molar-refractivity contribution >= 4 is 21.6 Å². The van der Waals surface area contributed by atoms with Gasteiger partial charge in [0.2, 0.25) is 0 Å². The predicted molar refractivity (Wildman–Crippen MR) is 80.2 cm³/mol. The van der Waals surface area contributed by atoms with Crippen LogP contribution >= 0.6 is 11.6 Å². The molecule has 0 radical (unpaired) electrons. The van der Waals surface area contributed by atoms with Crippen molar-refractivity contribution in [1.29, 1.82) is 0 Å². The normalized spacial score (nSPS) is 16.1. The number of alkyl halides is 1. The Balaban J connectivity index is 2.20. The smallest absolute Gasteiger partial charge is 0.243 e. The average molecular weight is 317 g/mol. The van der Waals surface area contributed by atoms with Gasteiger partial charge in [0.25, 0.3) is 10.0 Å². The Morgan fingerprint density at radius 3 is 2.55 bits per heavy atom. The minimum atomic E-state index is -3.48. The zero-order chi connectivity index (χ0) is 14.8. The van der Waals surface area contributed by atoms with E-state index in [9.17, 15) is 8.42 Å². The number of pyridine rings is 1. The summed E-state index contributed by atoms with van der Waals surface area (Å²) in [6.45, 7) is 4.78. The van der Waals surface area contributed by atoms with Crippen LogP contribution in [0.1, 0.15) is 38.7 Å². The summed E-state index contributed by atoms with van der Waals surface area (Å²) in [5.41, 5.74) is 0.825. The Morgan fingerprint density at radius 1 is 1.40 bits per heavy atom. The summed E-state index contributed by atoms with van der Waals surface area (Å²) in [5, 5.41) is 0.127. The van der Waals surface area contributed by atoms with Gasteiger partial charge in [0.05, 0.1) is 0 Å². The van der Waals surface area contributed by atoms with E-state index in [-0.39, 0.29) is 11.1 Å². The molecule has 1 saturated carbocycles. The molecule has 1 fully saturated rings. The Morgan fingerprint density at radius 2 is 2.10 bits per heavy atom. The summed E-state index contributed by atoms with van der Waals surface area (Å²) in [7, 11) is -3.48. The largest absolute Gasteiger partial charge is 0.260 e. The van der Waals surface area contributed by atoms with E-state index in [1.165, 1.54) is 6.20 Å². The third kappa shape index (κ3) is 3.71. The molecule has 0 aliphatic heterocycles. The van der Waals surface area contributed by atoms with E-state index in [0.29, 0.717) is 18.3 Å². The van der Waals surface area contributed by atoms with Gasteiger partial charge in [-0.3, -0.25) is 0 Å². The van der Waals surface area contributed by atoms with Crippen LogP contribution in [0.3, 0.4) is 0 Å². The standard InChI is InChI=1S/C14H21ClN2O2S/c1-11(2)7-8-17(13-4-5-13)20(18,19)14-6-3-12(9-15)10-16-14/h3,6,10-11,13H,4-5,7-9H2,1-2H3. The quantitative estimate of drug-likeness (QED) is 0.727. The monoisotopic (exact) mass is 316 g/mol. The summed E-state index contributed by atoms with van der Waals surface area (Å²) >= 11 is 5.70. The lowest BCUT2D eigenvalue weighted by Gasteiger charge is -2.22. The highest BCUT2D eigenvalue weighted by atomic mass is 35.5. The van der Waals surface area contributed by atoms with Crippen LogP contribution in [0.2, 0.25) is 0 Å². The van der Waals surface area contributed by atoms with Gasteiger partial charge >= 0.3 is 0 Å². The number of hydrogen-bond donors (Lipinski definition) is 0. The molecule has 1 aliphatic rings. The SMILES string of the molecule is CC(C)CCN(C1CC1)S(=O)(=O)c1ccc(CCl)cn1. The second kappa shape index (κ2) is 6.41. The molecule has 6 heteroatoms. The maximum Gasteiger partial charge on any atom is 0.260 e. The first kappa shape index (κ1) is 15.7. The van der Waals surface area contributed by atoms with Gasteiger partial charge in [0.1, 0.15) is 0 Å². The van der Waals surface area contributed by atoms with Crippen LogP contribution in [0, 0.1) is 5.92 Å². The summed E-state index contributed by atoms with van der Waals surface area (Å²) in [6.07, 6.45) is 4.32. The molecule has 4 nitrogen and oxygen atoms in total. The molecular formula is C14H21ClN2O2S. The van der Waals surface area contributed by atoms with E-state index < -0.39 is 10.0 Å². The van der Waals surface area contributed by atoms with Crippen LogP contribution in [0.5, 0.6) is 0 Å². The summed E-state index contributed by atoms with van der Waals surface area (Å²) in [6, 6.07) is 3.44. The van der Waals surface area contributed by atoms with Gasteiger partial charge in [-0.15, -0.1) is 11.6 Å². The van der Waals surface area contributed by atoms with Gasteiger partial charge in [-0.1, -0.05) is 19.9 Å². The molecule has 0 unspecified atom stereocenters. The third-order valence-corrected chi connectivity index (χ3v) is 5.58. The van der Waals surface area contributed by atoms with E-state index in [1.807, 2.05) is 0 Å². The van der Waals surface area contributed by atoms with Crippen molar-refractivity contribution in [3.63, 3.8) is 0 Å². The summed E-state index contributed by atoms with van der Waals surface area (Å²) < 4.78 is 26.9. The van der Waals surface area contributed by atoms with Crippen LogP contribution in [-0.4, -0.2) is 30.3 Å². The molecule has 1 aromatic rings. The Labute approximate surface area is 126 Å². The van der Waals surface area contributed by atoms with Crippen molar-refractivity contribution in [2.24, 2.45) is 5.92 Å². The highest BCUT2D eigenvalue weighted by Crippen LogP contribution is 2.32. The number of rotatable bonds is 7. The molecule has 0 amide bonds. The van der Waals surface area contributed by atoms with E-state index in [0.717, 1.165) is 24.8 Å². The van der Waals surface area contributed by atoms with Crippen molar-refractivity contribution < 1.29 is 8.42 Å². The Kier molecular flexibility index (Phi) is 5.04. The van der Waals surface area contributed by atoms with E-state index >= 15 is 0 Å². The summed E-state index contributed by atoms with van der Waals surface area (Å²) in [4.78, 5) is 4.07. The van der Waals surface area contributed by atoms with Crippen molar-refractivity contribution in [1.82, 2.24) is 9.29 Å². The molecule has 1 aromatic heterocycles. The number of nitrogens with zero attached hydrogens (tertiary/aromatic N) is 2. The van der Waals surface area contributed by atoms with Crippen molar-refractivity contribution in [2.45, 2.75) is 50.1 Å². The van der Waals surface area contributed by atoms with E-state index in [4.69, 9.17) is 11.6 Å². The van der Waals surface area contributed by atoms with Gasteiger partial charge in [-0.25, -0.2) is 13.4 Å². The maximum atomic E-state index is 12.7. The lowest BCUT2D eigenvalue weighted by atomic mass is 10.1. The fraction of sp³-hybridized carbons (Fsp3) is 0.643. The van der Waals surface area contributed by atoms with Crippen molar-refractivity contribution in [3.8, 4) is 0 Å². The molecule has 0 spiro atoms. The number of halogens is 1. The third-order valence-electron chi connectivity index (χ3n) is 3.41. The van der Waals surface area contributed by atoms with Crippen molar-refractivity contribution in [3.05, 3.63) is 23.9 Å². The Hall–Kier alpha value is -0.650. The fourth-order valence-electron chi connectivity index (χ4n) is 2.01. The highest BCUT2D eigenvalue weighted by molar-refractivity contribution is 7.89. The minimum absolute atomic E-state index is 0.127. The molecule has 1 heterocycles. The molecule has 0 bridgehead atoms. The molecule has 2 rings (SSSR count). The second-order valence-corrected chi connectivity index (χ2v) is 7.77. The zero-order valence-corrected chi connectivity index (χ0v) is 13.5. The number of sulfonamides is 1. The van der Waals surface area contributed by atoms with Gasteiger partial charge < -0.3 is 0 Å². The second-order valence-electron chi connectivity index (χ2n) is 5.67.